The molecular weight excluding hydrogens is 387 g/mol. The number of carbonyl (C=O) groups is 1. The molecule has 0 bridgehead atoms. The van der Waals surface area contributed by atoms with Crippen LogP contribution in [-0.2, 0) is 24.0 Å². The summed E-state index contributed by atoms with van der Waals surface area (Å²) in [6.45, 7) is 4.38. The zero-order valence-corrected chi connectivity index (χ0v) is 19.0. The van der Waals surface area contributed by atoms with Crippen LogP contribution in [0.1, 0.15) is 97.5 Å². The van der Waals surface area contributed by atoms with Crippen LogP contribution in [0, 0.1) is 17.7 Å². The number of ether oxygens (including phenoxy) is 1. The van der Waals surface area contributed by atoms with E-state index in [4.69, 9.17) is 4.74 Å². The lowest BCUT2D eigenvalue weighted by Gasteiger charge is -2.29. The van der Waals surface area contributed by atoms with E-state index in [1.165, 1.54) is 44.1 Å². The van der Waals surface area contributed by atoms with Gasteiger partial charge >= 0.3 is 5.97 Å². The summed E-state index contributed by atoms with van der Waals surface area (Å²) in [7, 11) is 0. The van der Waals surface area contributed by atoms with Crippen LogP contribution in [0.3, 0.4) is 0 Å². The lowest BCUT2D eigenvalue weighted by atomic mass is 9.78. The first-order chi connectivity index (χ1) is 15.1. The molecule has 2 aromatic carbocycles. The average molecular weight is 423 g/mol. The van der Waals surface area contributed by atoms with Crippen LogP contribution in [0.25, 0.3) is 0 Å². The van der Waals surface area contributed by atoms with E-state index in [1.807, 2.05) is 24.3 Å². The zero-order chi connectivity index (χ0) is 21.8. The fourth-order valence-electron chi connectivity index (χ4n) is 5.40. The van der Waals surface area contributed by atoms with Crippen molar-refractivity contribution in [3.63, 3.8) is 0 Å². The normalized spacial score (nSPS) is 23.3. The average Bonchev–Trinajstić information content (AvgIpc) is 2.79. The van der Waals surface area contributed by atoms with Crippen LogP contribution in [0.15, 0.2) is 36.4 Å². The smallest absolute Gasteiger partial charge is 0.342 e. The first kappa shape index (κ1) is 22.0. The molecule has 1 atom stereocenters. The highest BCUT2D eigenvalue weighted by molar-refractivity contribution is 5.93. The van der Waals surface area contributed by atoms with E-state index in [9.17, 15) is 4.79 Å². The molecule has 4 rings (SSSR count). The van der Waals surface area contributed by atoms with Crippen molar-refractivity contribution in [2.45, 2.75) is 84.2 Å². The summed E-state index contributed by atoms with van der Waals surface area (Å²) in [5, 5.41) is 0. The first-order valence-electron chi connectivity index (χ1n) is 12.2. The van der Waals surface area contributed by atoms with Crippen LogP contribution in [0.5, 0.6) is 0 Å². The number of cyclic esters (lactones) is 1. The second-order valence-corrected chi connectivity index (χ2v) is 9.48. The molecule has 31 heavy (non-hydrogen) atoms. The first-order valence-corrected chi connectivity index (χ1v) is 12.2. The van der Waals surface area contributed by atoms with Gasteiger partial charge in [-0.1, -0.05) is 88.8 Å². The molecular formula is C28H35FO2. The number of carbonyl (C=O) groups excluding carboxylic acids is 1. The van der Waals surface area contributed by atoms with Crippen LogP contribution in [0.4, 0.5) is 4.39 Å². The molecule has 2 aromatic rings. The number of fused-ring (bicyclic) bond motifs is 1. The SMILES string of the molecule is CCCC1CCC(CCc2ccc3c(c2F)C(=O)OC(c2ccc(CC)cc2)C3)CC1. The fourth-order valence-corrected chi connectivity index (χ4v) is 5.40. The Kier molecular flexibility index (Phi) is 7.09. The molecule has 1 unspecified atom stereocenters. The lowest BCUT2D eigenvalue weighted by molar-refractivity contribution is 0.0245. The summed E-state index contributed by atoms with van der Waals surface area (Å²) in [6.07, 6.45) is 10.7. The van der Waals surface area contributed by atoms with Gasteiger partial charge in [-0.05, 0) is 53.4 Å². The minimum Gasteiger partial charge on any atom is -0.453 e. The maximum absolute atomic E-state index is 15.2. The van der Waals surface area contributed by atoms with Crippen molar-refractivity contribution in [1.29, 1.82) is 0 Å². The third kappa shape index (κ3) is 5.02. The standard InChI is InChI=1S/C28H35FO2/c1-3-5-20-6-8-21(9-7-20)12-15-23-16-17-24-18-25(31-28(30)26(24)27(23)29)22-13-10-19(4-2)11-14-22/h10-11,13-14,16-17,20-21,25H,3-9,12,15,18H2,1-2H3. The third-order valence-corrected chi connectivity index (χ3v) is 7.41. The van der Waals surface area contributed by atoms with Crippen LogP contribution in [0.2, 0.25) is 0 Å². The maximum atomic E-state index is 15.2. The molecule has 0 N–H and O–H groups in total. The van der Waals surface area contributed by atoms with Gasteiger partial charge in [0.25, 0.3) is 0 Å². The van der Waals surface area contributed by atoms with E-state index in [1.54, 1.807) is 0 Å². The van der Waals surface area contributed by atoms with E-state index >= 15 is 4.39 Å². The molecule has 0 spiro atoms. The van der Waals surface area contributed by atoms with E-state index in [0.717, 1.165) is 29.9 Å². The molecule has 0 amide bonds. The molecule has 166 valence electrons. The van der Waals surface area contributed by atoms with Crippen LogP contribution >= 0.6 is 0 Å². The second kappa shape index (κ2) is 9.97. The van der Waals surface area contributed by atoms with Gasteiger partial charge in [-0.25, -0.2) is 9.18 Å². The monoisotopic (exact) mass is 422 g/mol. The Bertz CT molecular complexity index is 894. The van der Waals surface area contributed by atoms with Crippen molar-refractivity contribution >= 4 is 5.97 Å². The highest BCUT2D eigenvalue weighted by Gasteiger charge is 2.31. The second-order valence-electron chi connectivity index (χ2n) is 9.48. The Morgan fingerprint density at radius 3 is 2.26 bits per heavy atom. The van der Waals surface area contributed by atoms with E-state index < -0.39 is 5.97 Å². The number of hydrogen-bond donors (Lipinski definition) is 0. The molecule has 1 heterocycles. The van der Waals surface area contributed by atoms with Crippen molar-refractivity contribution in [2.24, 2.45) is 11.8 Å². The quantitative estimate of drug-likeness (QED) is 0.435. The molecule has 0 aromatic heterocycles. The molecule has 1 aliphatic carbocycles. The summed E-state index contributed by atoms with van der Waals surface area (Å²) in [5.74, 6) is 0.695. The molecule has 1 fully saturated rings. The number of aryl methyl sites for hydroxylation is 2. The van der Waals surface area contributed by atoms with Crippen molar-refractivity contribution in [3.05, 3.63) is 70.0 Å². The van der Waals surface area contributed by atoms with Crippen LogP contribution in [-0.4, -0.2) is 5.97 Å². The number of esters is 1. The minimum atomic E-state index is -0.523. The molecule has 1 aliphatic heterocycles. The van der Waals surface area contributed by atoms with Gasteiger partial charge in [0.1, 0.15) is 11.9 Å². The number of benzene rings is 2. The molecule has 3 heteroatoms. The van der Waals surface area contributed by atoms with E-state index in [0.29, 0.717) is 24.3 Å². The Morgan fingerprint density at radius 2 is 1.61 bits per heavy atom. The van der Waals surface area contributed by atoms with E-state index in [-0.39, 0.29) is 17.5 Å². The van der Waals surface area contributed by atoms with Crippen molar-refractivity contribution in [2.75, 3.05) is 0 Å². The topological polar surface area (TPSA) is 26.3 Å². The van der Waals surface area contributed by atoms with Gasteiger partial charge in [0.05, 0.1) is 5.56 Å². The summed E-state index contributed by atoms with van der Waals surface area (Å²) in [4.78, 5) is 12.7. The van der Waals surface area contributed by atoms with Gasteiger partial charge in [0, 0.05) is 6.42 Å². The van der Waals surface area contributed by atoms with E-state index in [2.05, 4.69) is 26.0 Å². The third-order valence-electron chi connectivity index (χ3n) is 7.41. The summed E-state index contributed by atoms with van der Waals surface area (Å²) < 4.78 is 20.9. The van der Waals surface area contributed by atoms with Gasteiger partial charge < -0.3 is 4.74 Å². The zero-order valence-electron chi connectivity index (χ0n) is 19.0. The van der Waals surface area contributed by atoms with Crippen molar-refractivity contribution < 1.29 is 13.9 Å². The van der Waals surface area contributed by atoms with Gasteiger partial charge in [-0.3, -0.25) is 0 Å². The fraction of sp³-hybridized carbons (Fsp3) is 0.536. The Labute approximate surface area is 186 Å². The Hall–Kier alpha value is -2.16. The number of halogens is 1. The summed E-state index contributed by atoms with van der Waals surface area (Å²) >= 11 is 0. The highest BCUT2D eigenvalue weighted by atomic mass is 19.1. The molecule has 2 aliphatic rings. The van der Waals surface area contributed by atoms with Gasteiger partial charge in [0.2, 0.25) is 0 Å². The predicted octanol–water partition coefficient (Wildman–Crippen LogP) is 7.38. The maximum Gasteiger partial charge on any atom is 0.342 e. The minimum absolute atomic E-state index is 0.158. The Balaban J connectivity index is 1.41. The predicted molar refractivity (Wildman–Crippen MR) is 123 cm³/mol. The van der Waals surface area contributed by atoms with Gasteiger partial charge in [-0.2, -0.15) is 0 Å². The Morgan fingerprint density at radius 1 is 0.935 bits per heavy atom. The molecule has 2 nitrogen and oxygen atoms in total. The lowest BCUT2D eigenvalue weighted by Crippen LogP contribution is -2.24. The van der Waals surface area contributed by atoms with Crippen molar-refractivity contribution in [3.8, 4) is 0 Å². The largest absolute Gasteiger partial charge is 0.453 e. The highest BCUT2D eigenvalue weighted by Crippen LogP contribution is 2.36. The number of hydrogen-bond acceptors (Lipinski definition) is 2. The molecule has 0 saturated heterocycles. The molecule has 1 saturated carbocycles. The summed E-state index contributed by atoms with van der Waals surface area (Å²) in [6, 6.07) is 12.0. The van der Waals surface area contributed by atoms with Crippen LogP contribution < -0.4 is 0 Å². The number of rotatable bonds is 7. The molecule has 0 radical (unpaired) electrons. The summed E-state index contributed by atoms with van der Waals surface area (Å²) in [5.41, 5.74) is 3.81. The van der Waals surface area contributed by atoms with Crippen molar-refractivity contribution in [1.82, 2.24) is 0 Å². The van der Waals surface area contributed by atoms with Gasteiger partial charge in [-0.15, -0.1) is 0 Å². The van der Waals surface area contributed by atoms with Gasteiger partial charge in [0.15, 0.2) is 0 Å².